The van der Waals surface area contributed by atoms with Crippen LogP contribution < -0.4 is 5.73 Å². The quantitative estimate of drug-likeness (QED) is 0.722. The number of nitrogens with two attached hydrogens (primary N) is 1. The maximum Gasteiger partial charge on any atom is 0.266 e. The summed E-state index contributed by atoms with van der Waals surface area (Å²) >= 11 is 1.35. The van der Waals surface area contributed by atoms with Crippen molar-refractivity contribution in [2.45, 2.75) is 32.2 Å². The number of aryl methyl sites for hydroxylation is 1. The number of halogens is 1. The summed E-state index contributed by atoms with van der Waals surface area (Å²) in [5.74, 6) is -0.184. The molecule has 0 saturated carbocycles. The molecule has 1 aromatic carbocycles. The van der Waals surface area contributed by atoms with Crippen molar-refractivity contribution < 1.29 is 9.18 Å². The molecule has 0 radical (unpaired) electrons. The van der Waals surface area contributed by atoms with E-state index in [9.17, 15) is 9.18 Å². The lowest BCUT2D eigenvalue weighted by atomic mass is 9.93. The molecule has 8 heteroatoms. The molecule has 1 fully saturated rings. The molecule has 0 spiro atoms. The van der Waals surface area contributed by atoms with Gasteiger partial charge in [-0.3, -0.25) is 4.79 Å². The van der Waals surface area contributed by atoms with E-state index in [1.165, 1.54) is 23.5 Å². The largest absolute Gasteiger partial charge is 0.368 e. The molecule has 2 aromatic heterocycles. The minimum absolute atomic E-state index is 0.0352. The standard InChI is InChI=1S/C20H20FN5OS/c1-12-18(28-11-24-12)19(27)26-9-3-2-4-16(26)17-15(10-23-20(22)25-17)13-5-7-14(21)8-6-13/h5-8,10-11,16H,2-4,9H2,1H3,(H2,22,23,25)/t16-/m1/s1. The van der Waals surface area contributed by atoms with Crippen molar-refractivity contribution in [1.29, 1.82) is 0 Å². The summed E-state index contributed by atoms with van der Waals surface area (Å²) in [6.45, 7) is 2.49. The van der Waals surface area contributed by atoms with Gasteiger partial charge in [-0.15, -0.1) is 11.3 Å². The van der Waals surface area contributed by atoms with Crippen molar-refractivity contribution in [2.24, 2.45) is 0 Å². The Morgan fingerprint density at radius 3 is 2.75 bits per heavy atom. The van der Waals surface area contributed by atoms with Gasteiger partial charge in [-0.25, -0.2) is 19.3 Å². The summed E-state index contributed by atoms with van der Waals surface area (Å²) in [5, 5.41) is 0. The molecular formula is C20H20FN5OS. The highest BCUT2D eigenvalue weighted by molar-refractivity contribution is 7.11. The average molecular weight is 397 g/mol. The third-order valence-corrected chi connectivity index (χ3v) is 5.93. The third kappa shape index (κ3) is 3.47. The number of carbonyl (C=O) groups excluding carboxylic acids is 1. The number of benzene rings is 1. The first-order valence-corrected chi connectivity index (χ1v) is 10.0. The lowest BCUT2D eigenvalue weighted by Crippen LogP contribution is -2.39. The van der Waals surface area contributed by atoms with Crippen molar-refractivity contribution in [2.75, 3.05) is 12.3 Å². The molecule has 1 saturated heterocycles. The molecule has 1 atom stereocenters. The molecule has 0 bridgehead atoms. The van der Waals surface area contributed by atoms with E-state index in [-0.39, 0.29) is 23.7 Å². The van der Waals surface area contributed by atoms with Crippen LogP contribution in [0.2, 0.25) is 0 Å². The number of likely N-dealkylation sites (tertiary alicyclic amines) is 1. The molecule has 0 aliphatic carbocycles. The highest BCUT2D eigenvalue weighted by Crippen LogP contribution is 2.37. The van der Waals surface area contributed by atoms with E-state index < -0.39 is 0 Å². The van der Waals surface area contributed by atoms with Gasteiger partial charge in [0.05, 0.1) is 22.9 Å². The van der Waals surface area contributed by atoms with Gasteiger partial charge in [0.25, 0.3) is 5.91 Å². The number of piperidine rings is 1. The first-order valence-electron chi connectivity index (χ1n) is 9.14. The van der Waals surface area contributed by atoms with E-state index in [2.05, 4.69) is 15.0 Å². The zero-order valence-corrected chi connectivity index (χ0v) is 16.2. The van der Waals surface area contributed by atoms with E-state index in [0.29, 0.717) is 17.1 Å². The monoisotopic (exact) mass is 397 g/mol. The SMILES string of the molecule is Cc1ncsc1C(=O)N1CCCC[C@@H]1c1nc(N)ncc1-c1ccc(F)cc1. The summed E-state index contributed by atoms with van der Waals surface area (Å²) < 4.78 is 13.4. The normalized spacial score (nSPS) is 16.9. The van der Waals surface area contributed by atoms with E-state index in [4.69, 9.17) is 5.73 Å². The highest BCUT2D eigenvalue weighted by Gasteiger charge is 2.33. The van der Waals surface area contributed by atoms with Crippen molar-refractivity contribution in [3.63, 3.8) is 0 Å². The van der Waals surface area contributed by atoms with Crippen LogP contribution in [0.3, 0.4) is 0 Å². The molecule has 3 heterocycles. The number of hydrogen-bond donors (Lipinski definition) is 1. The van der Waals surface area contributed by atoms with Gasteiger partial charge in [-0.1, -0.05) is 12.1 Å². The van der Waals surface area contributed by atoms with Crippen LogP contribution in [0.5, 0.6) is 0 Å². The fraction of sp³-hybridized carbons (Fsp3) is 0.300. The van der Waals surface area contributed by atoms with E-state index in [1.807, 2.05) is 11.8 Å². The van der Waals surface area contributed by atoms with Gasteiger partial charge in [-0.2, -0.15) is 0 Å². The van der Waals surface area contributed by atoms with Crippen LogP contribution in [0.4, 0.5) is 10.3 Å². The molecule has 3 aromatic rings. The zero-order valence-electron chi connectivity index (χ0n) is 15.4. The fourth-order valence-electron chi connectivity index (χ4n) is 3.61. The number of hydrogen-bond acceptors (Lipinski definition) is 6. The maximum atomic E-state index is 13.4. The maximum absolute atomic E-state index is 13.4. The van der Waals surface area contributed by atoms with E-state index in [1.54, 1.807) is 23.8 Å². The van der Waals surface area contributed by atoms with Gasteiger partial charge in [0, 0.05) is 18.3 Å². The summed E-state index contributed by atoms with van der Waals surface area (Å²) in [5.41, 5.74) is 10.6. The number of nitrogens with zero attached hydrogens (tertiary/aromatic N) is 4. The smallest absolute Gasteiger partial charge is 0.266 e. The highest BCUT2D eigenvalue weighted by atomic mass is 32.1. The van der Waals surface area contributed by atoms with Gasteiger partial charge >= 0.3 is 0 Å². The van der Waals surface area contributed by atoms with Crippen LogP contribution in [-0.4, -0.2) is 32.3 Å². The molecule has 1 aliphatic rings. The first-order chi connectivity index (χ1) is 13.5. The Kier molecular flexibility index (Phi) is 5.04. The van der Waals surface area contributed by atoms with Crippen LogP contribution in [-0.2, 0) is 0 Å². The number of amides is 1. The van der Waals surface area contributed by atoms with Crippen LogP contribution in [0.25, 0.3) is 11.1 Å². The Morgan fingerprint density at radius 1 is 1.25 bits per heavy atom. The second-order valence-corrected chi connectivity index (χ2v) is 7.67. The van der Waals surface area contributed by atoms with Crippen LogP contribution in [0.1, 0.15) is 46.4 Å². The Morgan fingerprint density at radius 2 is 2.04 bits per heavy atom. The average Bonchev–Trinajstić information content (AvgIpc) is 3.14. The van der Waals surface area contributed by atoms with Gasteiger partial charge in [0.15, 0.2) is 0 Å². The van der Waals surface area contributed by atoms with Crippen molar-refractivity contribution in [3.8, 4) is 11.1 Å². The Balaban J connectivity index is 1.77. The van der Waals surface area contributed by atoms with Crippen LogP contribution in [0, 0.1) is 12.7 Å². The molecule has 6 nitrogen and oxygen atoms in total. The second kappa shape index (κ2) is 7.63. The first kappa shape index (κ1) is 18.5. The summed E-state index contributed by atoms with van der Waals surface area (Å²) in [6, 6.07) is 5.97. The lowest BCUT2D eigenvalue weighted by Gasteiger charge is -2.36. The zero-order chi connectivity index (χ0) is 19.7. The van der Waals surface area contributed by atoms with Gasteiger partial charge in [-0.05, 0) is 43.9 Å². The number of thiazole rings is 1. The van der Waals surface area contributed by atoms with E-state index >= 15 is 0 Å². The molecule has 1 aliphatic heterocycles. The summed E-state index contributed by atoms with van der Waals surface area (Å²) in [4.78, 5) is 28.6. The second-order valence-electron chi connectivity index (χ2n) is 6.81. The number of carbonyl (C=O) groups is 1. The minimum Gasteiger partial charge on any atom is -0.368 e. The molecule has 1 amide bonds. The van der Waals surface area contributed by atoms with E-state index in [0.717, 1.165) is 36.1 Å². The van der Waals surface area contributed by atoms with Crippen molar-refractivity contribution in [1.82, 2.24) is 19.9 Å². The third-order valence-electron chi connectivity index (χ3n) is 5.01. The predicted molar refractivity (Wildman–Crippen MR) is 106 cm³/mol. The van der Waals surface area contributed by atoms with Gasteiger partial charge in [0.2, 0.25) is 5.95 Å². The van der Waals surface area contributed by atoms with Crippen molar-refractivity contribution >= 4 is 23.2 Å². The molecule has 28 heavy (non-hydrogen) atoms. The fourth-order valence-corrected chi connectivity index (χ4v) is 4.37. The number of anilines is 1. The minimum atomic E-state index is -0.309. The van der Waals surface area contributed by atoms with Gasteiger partial charge in [0.1, 0.15) is 10.7 Å². The lowest BCUT2D eigenvalue weighted by molar-refractivity contribution is 0.0611. The number of nitrogen functional groups attached to an aromatic ring is 1. The Hall–Kier alpha value is -2.87. The summed E-state index contributed by atoms with van der Waals surface area (Å²) in [6.07, 6.45) is 4.36. The molecule has 2 N–H and O–H groups in total. The van der Waals surface area contributed by atoms with Crippen LogP contribution >= 0.6 is 11.3 Å². The molecule has 0 unspecified atom stereocenters. The Labute approximate surface area is 166 Å². The van der Waals surface area contributed by atoms with Gasteiger partial charge < -0.3 is 10.6 Å². The number of rotatable bonds is 3. The summed E-state index contributed by atoms with van der Waals surface area (Å²) in [7, 11) is 0. The molecule has 144 valence electrons. The molecule has 4 rings (SSSR count). The van der Waals surface area contributed by atoms with Crippen molar-refractivity contribution in [3.05, 3.63) is 58.1 Å². The number of aromatic nitrogens is 3. The topological polar surface area (TPSA) is 85.0 Å². The van der Waals surface area contributed by atoms with Crippen LogP contribution in [0.15, 0.2) is 36.0 Å². The molecular weight excluding hydrogens is 377 g/mol. The Bertz CT molecular complexity index is 1000. The predicted octanol–water partition coefficient (Wildman–Crippen LogP) is 4.00.